The number of rotatable bonds is 6. The molecule has 0 saturated heterocycles. The lowest BCUT2D eigenvalue weighted by Crippen LogP contribution is -2.36. The van der Waals surface area contributed by atoms with Crippen LogP contribution in [-0.4, -0.2) is 18.7 Å². The molecule has 100 valence electrons. The summed E-state index contributed by atoms with van der Waals surface area (Å²) in [6.45, 7) is 5.18. The molecule has 1 saturated carbocycles. The van der Waals surface area contributed by atoms with E-state index >= 15 is 0 Å². The molecule has 0 bridgehead atoms. The smallest absolute Gasteiger partial charge is 0.122 e. The van der Waals surface area contributed by atoms with Crippen LogP contribution in [0.1, 0.15) is 26.7 Å². The fraction of sp³-hybridized carbons (Fsp3) is 0.571. The highest BCUT2D eigenvalue weighted by Crippen LogP contribution is 2.26. The molecule has 1 aromatic rings. The summed E-state index contributed by atoms with van der Waals surface area (Å²) < 4.78 is 5.98. The first-order valence-corrected chi connectivity index (χ1v) is 7.16. The van der Waals surface area contributed by atoms with Crippen molar-refractivity contribution in [3.05, 3.63) is 28.2 Å². The van der Waals surface area contributed by atoms with Crippen LogP contribution < -0.4 is 10.1 Å². The van der Waals surface area contributed by atoms with Crippen molar-refractivity contribution in [1.29, 1.82) is 0 Å². The van der Waals surface area contributed by atoms with Crippen molar-refractivity contribution in [1.82, 2.24) is 5.32 Å². The van der Waals surface area contributed by atoms with E-state index in [-0.39, 0.29) is 6.10 Å². The summed E-state index contributed by atoms with van der Waals surface area (Å²) >= 11 is 11.9. The van der Waals surface area contributed by atoms with Crippen LogP contribution in [0.5, 0.6) is 5.75 Å². The molecule has 0 amide bonds. The van der Waals surface area contributed by atoms with Crippen molar-refractivity contribution in [2.75, 3.05) is 6.54 Å². The highest BCUT2D eigenvalue weighted by Gasteiger charge is 2.23. The zero-order valence-electron chi connectivity index (χ0n) is 10.7. The molecular weight excluding hydrogens is 269 g/mol. The van der Waals surface area contributed by atoms with Gasteiger partial charge in [0, 0.05) is 22.6 Å². The fourth-order valence-electron chi connectivity index (χ4n) is 1.76. The van der Waals surface area contributed by atoms with Gasteiger partial charge >= 0.3 is 0 Å². The van der Waals surface area contributed by atoms with Crippen LogP contribution in [0, 0.1) is 5.92 Å². The highest BCUT2D eigenvalue weighted by molar-refractivity contribution is 6.34. The van der Waals surface area contributed by atoms with Gasteiger partial charge in [0.05, 0.1) is 0 Å². The van der Waals surface area contributed by atoms with Gasteiger partial charge in [0.25, 0.3) is 0 Å². The van der Waals surface area contributed by atoms with E-state index in [0.29, 0.717) is 22.0 Å². The van der Waals surface area contributed by atoms with Gasteiger partial charge in [-0.25, -0.2) is 0 Å². The van der Waals surface area contributed by atoms with Gasteiger partial charge in [-0.1, -0.05) is 37.0 Å². The second-order valence-electron chi connectivity index (χ2n) is 5.19. The first-order valence-electron chi connectivity index (χ1n) is 6.40. The minimum Gasteiger partial charge on any atom is -0.489 e. The second-order valence-corrected chi connectivity index (χ2v) is 6.06. The lowest BCUT2D eigenvalue weighted by Gasteiger charge is -2.23. The number of hydrogen-bond acceptors (Lipinski definition) is 2. The maximum absolute atomic E-state index is 5.98. The molecule has 0 aromatic heterocycles. The minimum atomic E-state index is 0.139. The van der Waals surface area contributed by atoms with E-state index in [1.165, 1.54) is 12.8 Å². The Hall–Kier alpha value is -0.440. The summed E-state index contributed by atoms with van der Waals surface area (Å²) in [5.41, 5.74) is 0. The summed E-state index contributed by atoms with van der Waals surface area (Å²) in [6.07, 6.45) is 2.71. The number of hydrogen-bond donors (Lipinski definition) is 1. The van der Waals surface area contributed by atoms with Crippen LogP contribution in [0.25, 0.3) is 0 Å². The van der Waals surface area contributed by atoms with E-state index in [2.05, 4.69) is 19.2 Å². The summed E-state index contributed by atoms with van der Waals surface area (Å²) in [7, 11) is 0. The number of ether oxygens (including phenoxy) is 1. The highest BCUT2D eigenvalue weighted by atomic mass is 35.5. The van der Waals surface area contributed by atoms with Crippen molar-refractivity contribution in [3.63, 3.8) is 0 Å². The van der Waals surface area contributed by atoms with Gasteiger partial charge in [-0.2, -0.15) is 0 Å². The van der Waals surface area contributed by atoms with Gasteiger partial charge in [0.2, 0.25) is 0 Å². The van der Waals surface area contributed by atoms with Gasteiger partial charge in [0.1, 0.15) is 11.9 Å². The molecule has 1 aliphatic rings. The van der Waals surface area contributed by atoms with Gasteiger partial charge in [-0.15, -0.1) is 0 Å². The Kier molecular flexibility index (Phi) is 4.77. The molecule has 4 heteroatoms. The number of halogens is 2. The zero-order valence-corrected chi connectivity index (χ0v) is 12.3. The minimum absolute atomic E-state index is 0.139. The molecule has 0 spiro atoms. The fourth-order valence-corrected chi connectivity index (χ4v) is 2.26. The third-order valence-electron chi connectivity index (χ3n) is 3.05. The van der Waals surface area contributed by atoms with Crippen LogP contribution >= 0.6 is 23.2 Å². The SMILES string of the molecule is CC(C)C(CNC1CC1)Oc1cc(Cl)cc(Cl)c1. The molecule has 1 atom stereocenters. The molecule has 0 aliphatic heterocycles. The second kappa shape index (κ2) is 6.14. The van der Waals surface area contributed by atoms with E-state index < -0.39 is 0 Å². The third-order valence-corrected chi connectivity index (χ3v) is 3.49. The Bertz CT molecular complexity index is 385. The topological polar surface area (TPSA) is 21.3 Å². The molecule has 0 heterocycles. The molecule has 2 nitrogen and oxygen atoms in total. The van der Waals surface area contributed by atoms with Crippen LogP contribution in [0.4, 0.5) is 0 Å². The van der Waals surface area contributed by atoms with Crippen LogP contribution in [0.15, 0.2) is 18.2 Å². The molecular formula is C14H19Cl2NO. The van der Waals surface area contributed by atoms with Crippen molar-refractivity contribution >= 4 is 23.2 Å². The summed E-state index contributed by atoms with van der Waals surface area (Å²) in [5.74, 6) is 1.18. The van der Waals surface area contributed by atoms with Crippen LogP contribution in [-0.2, 0) is 0 Å². The van der Waals surface area contributed by atoms with E-state index in [9.17, 15) is 0 Å². The van der Waals surface area contributed by atoms with Crippen LogP contribution in [0.2, 0.25) is 10.0 Å². The Morgan fingerprint density at radius 1 is 1.22 bits per heavy atom. The zero-order chi connectivity index (χ0) is 13.1. The Morgan fingerprint density at radius 2 is 1.83 bits per heavy atom. The van der Waals surface area contributed by atoms with Crippen molar-refractivity contribution in [2.45, 2.75) is 38.8 Å². The Morgan fingerprint density at radius 3 is 2.33 bits per heavy atom. The van der Waals surface area contributed by atoms with Gasteiger partial charge in [-0.05, 0) is 37.0 Å². The summed E-state index contributed by atoms with van der Waals surface area (Å²) in [6, 6.07) is 6.01. The molecule has 1 aromatic carbocycles. The third kappa shape index (κ3) is 4.34. The molecule has 1 unspecified atom stereocenters. The average Bonchev–Trinajstić information content (AvgIpc) is 3.06. The molecule has 1 N–H and O–H groups in total. The lowest BCUT2D eigenvalue weighted by molar-refractivity contribution is 0.148. The standard InChI is InChI=1S/C14H19Cl2NO/c1-9(2)14(8-17-12-3-4-12)18-13-6-10(15)5-11(16)7-13/h5-7,9,12,14,17H,3-4,8H2,1-2H3. The van der Waals surface area contributed by atoms with E-state index in [0.717, 1.165) is 12.3 Å². The molecule has 18 heavy (non-hydrogen) atoms. The maximum Gasteiger partial charge on any atom is 0.122 e. The van der Waals surface area contributed by atoms with Gasteiger partial charge in [-0.3, -0.25) is 0 Å². The van der Waals surface area contributed by atoms with Crippen molar-refractivity contribution < 1.29 is 4.74 Å². The summed E-state index contributed by atoms with van der Waals surface area (Å²) in [4.78, 5) is 0. The molecule has 0 radical (unpaired) electrons. The monoisotopic (exact) mass is 287 g/mol. The van der Waals surface area contributed by atoms with Crippen molar-refractivity contribution in [3.8, 4) is 5.75 Å². The van der Waals surface area contributed by atoms with E-state index in [4.69, 9.17) is 27.9 Å². The normalized spacial score (nSPS) is 16.9. The number of benzene rings is 1. The Balaban J connectivity index is 1.97. The van der Waals surface area contributed by atoms with Gasteiger partial charge in [0.15, 0.2) is 0 Å². The summed E-state index contributed by atoms with van der Waals surface area (Å²) in [5, 5.41) is 4.71. The maximum atomic E-state index is 5.98. The Labute approximate surface area is 119 Å². The van der Waals surface area contributed by atoms with Crippen LogP contribution in [0.3, 0.4) is 0 Å². The van der Waals surface area contributed by atoms with E-state index in [1.54, 1.807) is 18.2 Å². The predicted molar refractivity (Wildman–Crippen MR) is 76.7 cm³/mol. The lowest BCUT2D eigenvalue weighted by atomic mass is 10.1. The quantitative estimate of drug-likeness (QED) is 0.849. The molecule has 1 fully saturated rings. The average molecular weight is 288 g/mol. The first-order chi connectivity index (χ1) is 8.54. The predicted octanol–water partition coefficient (Wildman–Crippen LogP) is 4.15. The van der Waals surface area contributed by atoms with E-state index in [1.807, 2.05) is 0 Å². The largest absolute Gasteiger partial charge is 0.489 e. The van der Waals surface area contributed by atoms with Crippen molar-refractivity contribution in [2.24, 2.45) is 5.92 Å². The number of nitrogens with one attached hydrogen (secondary N) is 1. The van der Waals surface area contributed by atoms with Gasteiger partial charge < -0.3 is 10.1 Å². The molecule has 1 aliphatic carbocycles. The molecule has 2 rings (SSSR count). The first kappa shape index (κ1) is 14.0.